The van der Waals surface area contributed by atoms with Gasteiger partial charge in [0.25, 0.3) is 0 Å². The highest BCUT2D eigenvalue weighted by molar-refractivity contribution is 6.31. The molecule has 24 heavy (non-hydrogen) atoms. The molecule has 2 unspecified atom stereocenters. The van der Waals surface area contributed by atoms with Crippen molar-refractivity contribution in [1.29, 1.82) is 0 Å². The summed E-state index contributed by atoms with van der Waals surface area (Å²) in [5.41, 5.74) is 1.63. The van der Waals surface area contributed by atoms with Crippen LogP contribution < -0.4 is 10.2 Å². The number of benzene rings is 1. The second kappa shape index (κ2) is 9.04. The van der Waals surface area contributed by atoms with E-state index in [0.717, 1.165) is 43.7 Å². The summed E-state index contributed by atoms with van der Waals surface area (Å²) in [5, 5.41) is 3.56. The smallest absolute Gasteiger partial charge is 0.314 e. The number of ether oxygens (including phenoxy) is 1. The Bertz CT molecular complexity index is 592. The van der Waals surface area contributed by atoms with E-state index in [4.69, 9.17) is 16.3 Å². The lowest BCUT2D eigenvalue weighted by Crippen LogP contribution is -3.13. The first-order chi connectivity index (χ1) is 11.5. The van der Waals surface area contributed by atoms with Crippen molar-refractivity contribution < 1.29 is 19.2 Å². The highest BCUT2D eigenvalue weighted by atomic mass is 35.5. The minimum absolute atomic E-state index is 0.0221. The Hall–Kier alpha value is -1.59. The number of amides is 1. The van der Waals surface area contributed by atoms with E-state index in [0.29, 0.717) is 18.1 Å². The number of hydrogen-bond donors (Lipinski definition) is 2. The maximum absolute atomic E-state index is 12.2. The zero-order valence-electron chi connectivity index (χ0n) is 14.4. The van der Waals surface area contributed by atoms with Crippen LogP contribution in [0.25, 0.3) is 0 Å². The van der Waals surface area contributed by atoms with Crippen LogP contribution in [0.3, 0.4) is 0 Å². The Kier molecular flexibility index (Phi) is 7.06. The zero-order valence-corrected chi connectivity index (χ0v) is 15.1. The van der Waals surface area contributed by atoms with Crippen LogP contribution in [0.5, 0.6) is 0 Å². The Balaban J connectivity index is 1.81. The molecule has 1 aliphatic rings. The number of piperidine rings is 1. The Labute approximate surface area is 148 Å². The van der Waals surface area contributed by atoms with Gasteiger partial charge in [0, 0.05) is 10.7 Å². The van der Waals surface area contributed by atoms with Gasteiger partial charge in [-0.3, -0.25) is 9.59 Å². The van der Waals surface area contributed by atoms with Gasteiger partial charge in [-0.15, -0.1) is 0 Å². The van der Waals surface area contributed by atoms with E-state index in [1.54, 1.807) is 6.07 Å². The quantitative estimate of drug-likeness (QED) is 0.767. The number of hydrogen-bond acceptors (Lipinski definition) is 3. The van der Waals surface area contributed by atoms with Gasteiger partial charge in [-0.05, 0) is 44.4 Å². The maximum atomic E-state index is 12.2. The second-order valence-electron chi connectivity index (χ2n) is 6.26. The predicted molar refractivity (Wildman–Crippen MR) is 94.4 cm³/mol. The lowest BCUT2D eigenvalue weighted by molar-refractivity contribution is -0.906. The number of anilines is 1. The lowest BCUT2D eigenvalue weighted by atomic mass is 9.98. The molecule has 0 saturated carbocycles. The summed E-state index contributed by atoms with van der Waals surface area (Å²) in [4.78, 5) is 25.3. The Morgan fingerprint density at radius 3 is 2.96 bits per heavy atom. The molecule has 2 rings (SSSR count). The summed E-state index contributed by atoms with van der Waals surface area (Å²) < 4.78 is 5.11. The predicted octanol–water partition coefficient (Wildman–Crippen LogP) is 1.84. The normalized spacial score (nSPS) is 20.5. The molecule has 1 fully saturated rings. The van der Waals surface area contributed by atoms with Gasteiger partial charge in [0.2, 0.25) is 5.91 Å². The molecule has 2 atom stereocenters. The molecule has 1 heterocycles. The molecule has 0 aliphatic carbocycles. The van der Waals surface area contributed by atoms with Crippen LogP contribution in [0, 0.1) is 12.8 Å². The van der Waals surface area contributed by atoms with E-state index in [1.165, 1.54) is 4.90 Å². The molecular formula is C18H26ClN2O3+. The van der Waals surface area contributed by atoms with Gasteiger partial charge in [-0.1, -0.05) is 17.7 Å². The van der Waals surface area contributed by atoms with Crippen molar-refractivity contribution in [3.63, 3.8) is 0 Å². The van der Waals surface area contributed by atoms with Gasteiger partial charge in [-0.25, -0.2) is 0 Å². The first-order valence-corrected chi connectivity index (χ1v) is 8.94. The summed E-state index contributed by atoms with van der Waals surface area (Å²) in [6.07, 6.45) is 2.31. The minimum atomic E-state index is -0.103. The van der Waals surface area contributed by atoms with E-state index in [2.05, 4.69) is 5.32 Å². The summed E-state index contributed by atoms with van der Waals surface area (Å²) in [6.45, 7) is 6.61. The number of likely N-dealkylation sites (tertiary alicyclic amines) is 1. The molecule has 0 spiro atoms. The van der Waals surface area contributed by atoms with Crippen molar-refractivity contribution >= 4 is 29.2 Å². The Morgan fingerprint density at radius 1 is 1.42 bits per heavy atom. The van der Waals surface area contributed by atoms with E-state index >= 15 is 0 Å². The van der Waals surface area contributed by atoms with Crippen LogP contribution in [0.2, 0.25) is 5.02 Å². The van der Waals surface area contributed by atoms with Crippen LogP contribution in [-0.4, -0.2) is 38.1 Å². The van der Waals surface area contributed by atoms with Gasteiger partial charge in [0.05, 0.1) is 32.7 Å². The summed E-state index contributed by atoms with van der Waals surface area (Å²) in [7, 11) is 0. The van der Waals surface area contributed by atoms with E-state index in [-0.39, 0.29) is 17.8 Å². The number of rotatable bonds is 6. The van der Waals surface area contributed by atoms with Crippen molar-refractivity contribution in [3.05, 3.63) is 28.8 Å². The average molecular weight is 354 g/mol. The molecular weight excluding hydrogens is 328 g/mol. The molecule has 1 saturated heterocycles. The lowest BCUT2D eigenvalue weighted by Gasteiger charge is -2.28. The van der Waals surface area contributed by atoms with E-state index in [1.807, 2.05) is 26.0 Å². The van der Waals surface area contributed by atoms with Crippen molar-refractivity contribution in [2.45, 2.75) is 33.1 Å². The number of esters is 1. The first-order valence-electron chi connectivity index (χ1n) is 8.56. The Morgan fingerprint density at radius 2 is 2.21 bits per heavy atom. The molecule has 6 heteroatoms. The van der Waals surface area contributed by atoms with Gasteiger partial charge < -0.3 is 15.0 Å². The summed E-state index contributed by atoms with van der Waals surface area (Å²) in [6, 6.07) is 5.48. The third kappa shape index (κ3) is 5.21. The fourth-order valence-electron chi connectivity index (χ4n) is 3.09. The SMILES string of the molecule is CCOC(=O)C1CCC[NH+](CCC(=O)Nc2cccc(Cl)c2C)C1. The third-order valence-electron chi connectivity index (χ3n) is 4.49. The van der Waals surface area contributed by atoms with Crippen molar-refractivity contribution in [2.75, 3.05) is 31.6 Å². The molecule has 0 aromatic heterocycles. The van der Waals surface area contributed by atoms with Gasteiger partial charge in [0.1, 0.15) is 5.92 Å². The maximum Gasteiger partial charge on any atom is 0.314 e. The molecule has 0 radical (unpaired) electrons. The summed E-state index contributed by atoms with van der Waals surface area (Å²) in [5.74, 6) is -0.160. The fourth-order valence-corrected chi connectivity index (χ4v) is 3.26. The monoisotopic (exact) mass is 353 g/mol. The van der Waals surface area contributed by atoms with Crippen molar-refractivity contribution in [1.82, 2.24) is 0 Å². The standard InChI is InChI=1S/C18H25ClN2O3/c1-3-24-18(23)14-6-5-10-21(12-14)11-9-17(22)20-16-8-4-7-15(19)13(16)2/h4,7-8,14H,3,5-6,9-12H2,1-2H3,(H,20,22)/p+1. The highest BCUT2D eigenvalue weighted by Gasteiger charge is 2.29. The number of halogens is 1. The summed E-state index contributed by atoms with van der Waals surface area (Å²) >= 11 is 6.07. The largest absolute Gasteiger partial charge is 0.466 e. The number of nitrogens with one attached hydrogen (secondary N) is 2. The van der Waals surface area contributed by atoms with Gasteiger partial charge >= 0.3 is 5.97 Å². The molecule has 1 amide bonds. The zero-order chi connectivity index (χ0) is 17.5. The minimum Gasteiger partial charge on any atom is -0.466 e. The van der Waals surface area contributed by atoms with Crippen LogP contribution in [0.15, 0.2) is 18.2 Å². The van der Waals surface area contributed by atoms with Crippen molar-refractivity contribution in [3.8, 4) is 0 Å². The topological polar surface area (TPSA) is 59.8 Å². The van der Waals surface area contributed by atoms with Crippen molar-refractivity contribution in [2.24, 2.45) is 5.92 Å². The van der Waals surface area contributed by atoms with Gasteiger partial charge in [-0.2, -0.15) is 0 Å². The number of carbonyl (C=O) groups excluding carboxylic acids is 2. The van der Waals surface area contributed by atoms with Crippen LogP contribution >= 0.6 is 11.6 Å². The fraction of sp³-hybridized carbons (Fsp3) is 0.556. The molecule has 5 nitrogen and oxygen atoms in total. The first kappa shape index (κ1) is 18.7. The van der Waals surface area contributed by atoms with Crippen LogP contribution in [0.1, 0.15) is 31.7 Å². The molecule has 0 bridgehead atoms. The molecule has 132 valence electrons. The number of quaternary nitrogens is 1. The van der Waals surface area contributed by atoms with Crippen LogP contribution in [0.4, 0.5) is 5.69 Å². The molecule has 1 aromatic rings. The molecule has 1 aromatic carbocycles. The van der Waals surface area contributed by atoms with E-state index in [9.17, 15) is 9.59 Å². The number of carbonyl (C=O) groups is 2. The van der Waals surface area contributed by atoms with Gasteiger partial charge in [0.15, 0.2) is 0 Å². The highest BCUT2D eigenvalue weighted by Crippen LogP contribution is 2.22. The molecule has 2 N–H and O–H groups in total. The average Bonchev–Trinajstić information content (AvgIpc) is 2.58. The molecule has 1 aliphatic heterocycles. The second-order valence-corrected chi connectivity index (χ2v) is 6.66. The van der Waals surface area contributed by atoms with Crippen LogP contribution in [-0.2, 0) is 14.3 Å². The third-order valence-corrected chi connectivity index (χ3v) is 4.89. The van der Waals surface area contributed by atoms with E-state index < -0.39 is 0 Å².